The number of benzene rings is 2. The van der Waals surface area contributed by atoms with Crippen molar-refractivity contribution in [3.05, 3.63) is 47.8 Å². The fourth-order valence-electron chi connectivity index (χ4n) is 3.14. The Morgan fingerprint density at radius 1 is 1.15 bits per heavy atom. The lowest BCUT2D eigenvalue weighted by molar-refractivity contribution is 0.0964. The minimum Gasteiger partial charge on any atom is -0.542 e. The van der Waals surface area contributed by atoms with Gasteiger partial charge in [-0.05, 0) is 48.5 Å². The molecule has 2 aromatic carbocycles. The molecule has 1 amide bonds. The number of sulfone groups is 1. The maximum Gasteiger partial charge on any atom is 0.255 e. The molecule has 7 nitrogen and oxygen atoms in total. The maximum absolute atomic E-state index is 13.5. The number of rotatable bonds is 7. The van der Waals surface area contributed by atoms with Gasteiger partial charge in [-0.1, -0.05) is 20.8 Å². The molecule has 0 atom stereocenters. The van der Waals surface area contributed by atoms with E-state index in [1.54, 1.807) is 12.1 Å². The fourth-order valence-corrected chi connectivity index (χ4v) is 4.58. The predicted octanol–water partition coefficient (Wildman–Crippen LogP) is 5.40. The second kappa shape index (κ2) is 9.07. The molecule has 0 aliphatic rings. The van der Waals surface area contributed by atoms with E-state index in [9.17, 15) is 17.6 Å². The molecule has 0 fully saturated rings. The smallest absolute Gasteiger partial charge is 0.255 e. The van der Waals surface area contributed by atoms with E-state index < -0.39 is 24.0 Å². The zero-order chi connectivity index (χ0) is 25.5. The van der Waals surface area contributed by atoms with Crippen LogP contribution in [-0.4, -0.2) is 41.8 Å². The number of hydrogen-bond donors (Lipinski definition) is 2. The van der Waals surface area contributed by atoms with Gasteiger partial charge in [0.25, 0.3) is 14.2 Å². The number of carbonyl (C=O) groups is 1. The molecule has 1 heterocycles. The summed E-state index contributed by atoms with van der Waals surface area (Å²) in [6, 6.07) is 9.01. The summed E-state index contributed by atoms with van der Waals surface area (Å²) in [6.07, 6.45) is 1.14. The van der Waals surface area contributed by atoms with Crippen LogP contribution in [0.25, 0.3) is 22.3 Å². The van der Waals surface area contributed by atoms with Gasteiger partial charge in [0.2, 0.25) is 0 Å². The number of carbonyl (C=O) groups excluding carboxylic acids is 1. The van der Waals surface area contributed by atoms with Crippen LogP contribution in [0.5, 0.6) is 5.75 Å². The van der Waals surface area contributed by atoms with E-state index in [1.807, 2.05) is 0 Å². The summed E-state index contributed by atoms with van der Waals surface area (Å²) in [6.45, 7) is 10.5. The first kappa shape index (κ1) is 25.8. The molecule has 10 heteroatoms. The zero-order valence-corrected chi connectivity index (χ0v) is 22.3. The van der Waals surface area contributed by atoms with Gasteiger partial charge >= 0.3 is 0 Å². The van der Waals surface area contributed by atoms with Crippen LogP contribution in [0.3, 0.4) is 0 Å². The van der Waals surface area contributed by atoms with E-state index in [0.717, 1.165) is 6.26 Å². The number of hydrogen-bond acceptors (Lipinski definition) is 6. The van der Waals surface area contributed by atoms with Crippen molar-refractivity contribution >= 4 is 40.7 Å². The summed E-state index contributed by atoms with van der Waals surface area (Å²) < 4.78 is 49.7. The third kappa shape index (κ3) is 5.44. The lowest BCUT2D eigenvalue weighted by Gasteiger charge is -2.37. The van der Waals surface area contributed by atoms with Crippen molar-refractivity contribution in [2.24, 2.45) is 0 Å². The molecule has 3 rings (SSSR count). The van der Waals surface area contributed by atoms with Crippen molar-refractivity contribution in [1.29, 1.82) is 0 Å². The van der Waals surface area contributed by atoms with Gasteiger partial charge in [-0.25, -0.2) is 12.8 Å². The average molecular weight is 507 g/mol. The Kier molecular flexibility index (Phi) is 6.87. The Morgan fingerprint density at radius 3 is 2.29 bits per heavy atom. The van der Waals surface area contributed by atoms with Crippen LogP contribution >= 0.6 is 0 Å². The maximum atomic E-state index is 13.5. The summed E-state index contributed by atoms with van der Waals surface area (Å²) in [5, 5.41) is 5.97. The highest BCUT2D eigenvalue weighted by atomic mass is 32.2. The molecular weight excluding hydrogens is 475 g/mol. The van der Waals surface area contributed by atoms with Gasteiger partial charge in [0.05, 0.1) is 11.3 Å². The molecule has 0 saturated heterocycles. The SMILES string of the molecule is CNC(=O)c1c(-c2ccc(F)cc2)oc2cc(NCS(C)(=O)=O)c(O[Si](C)(C)C(C)(C)C)cc12. The van der Waals surface area contributed by atoms with Crippen LogP contribution in [0.15, 0.2) is 40.8 Å². The molecule has 0 saturated carbocycles. The molecule has 0 radical (unpaired) electrons. The number of amides is 1. The molecule has 2 N–H and O–H groups in total. The third-order valence-corrected chi connectivity index (χ3v) is 11.1. The molecule has 3 aromatic rings. The van der Waals surface area contributed by atoms with E-state index in [2.05, 4.69) is 44.5 Å². The van der Waals surface area contributed by atoms with Crippen LogP contribution in [0.2, 0.25) is 18.1 Å². The Morgan fingerprint density at radius 2 is 1.76 bits per heavy atom. The second-order valence-corrected chi connectivity index (χ2v) is 16.7. The summed E-state index contributed by atoms with van der Waals surface area (Å²) in [5.74, 6) is -0.334. The molecule has 184 valence electrons. The minimum absolute atomic E-state index is 0.116. The van der Waals surface area contributed by atoms with E-state index in [-0.39, 0.29) is 22.6 Å². The van der Waals surface area contributed by atoms with Crippen molar-refractivity contribution in [1.82, 2.24) is 5.32 Å². The van der Waals surface area contributed by atoms with E-state index in [1.165, 1.54) is 31.3 Å². The van der Waals surface area contributed by atoms with Gasteiger partial charge in [-0.3, -0.25) is 4.79 Å². The van der Waals surface area contributed by atoms with Crippen LogP contribution in [-0.2, 0) is 9.84 Å². The molecule has 0 aliphatic carbocycles. The number of furan rings is 1. The molecular formula is C24H31FN2O5SSi. The van der Waals surface area contributed by atoms with Gasteiger partial charge in [-0.15, -0.1) is 0 Å². The lowest BCUT2D eigenvalue weighted by atomic mass is 10.0. The Balaban J connectivity index is 2.27. The van der Waals surface area contributed by atoms with Gasteiger partial charge < -0.3 is 19.5 Å². The average Bonchev–Trinajstić information content (AvgIpc) is 3.08. The number of halogens is 1. The second-order valence-electron chi connectivity index (χ2n) is 9.85. The molecule has 0 unspecified atom stereocenters. The van der Waals surface area contributed by atoms with Gasteiger partial charge in [0, 0.05) is 30.3 Å². The van der Waals surface area contributed by atoms with Crippen LogP contribution in [0.1, 0.15) is 31.1 Å². The Hall–Kier alpha value is -2.85. The van der Waals surface area contributed by atoms with Gasteiger partial charge in [0.15, 0.2) is 9.84 Å². The highest BCUT2D eigenvalue weighted by Crippen LogP contribution is 2.43. The summed E-state index contributed by atoms with van der Waals surface area (Å²) in [5.41, 5.74) is 1.65. The summed E-state index contributed by atoms with van der Waals surface area (Å²) in [7, 11) is -4.12. The third-order valence-electron chi connectivity index (χ3n) is 6.05. The molecule has 34 heavy (non-hydrogen) atoms. The number of nitrogens with one attached hydrogen (secondary N) is 2. The van der Waals surface area contributed by atoms with Crippen molar-refractivity contribution in [3.63, 3.8) is 0 Å². The van der Waals surface area contributed by atoms with Crippen molar-refractivity contribution in [2.75, 3.05) is 24.5 Å². The van der Waals surface area contributed by atoms with E-state index in [0.29, 0.717) is 33.5 Å². The molecule has 0 aliphatic heterocycles. The number of fused-ring (bicyclic) bond motifs is 1. The summed E-state index contributed by atoms with van der Waals surface area (Å²) in [4.78, 5) is 12.9. The topological polar surface area (TPSA) is 97.6 Å². The summed E-state index contributed by atoms with van der Waals surface area (Å²) >= 11 is 0. The van der Waals surface area contributed by atoms with E-state index >= 15 is 0 Å². The molecule has 0 spiro atoms. The van der Waals surface area contributed by atoms with Gasteiger partial charge in [-0.2, -0.15) is 0 Å². The normalized spacial score (nSPS) is 12.6. The van der Waals surface area contributed by atoms with Crippen molar-refractivity contribution in [3.8, 4) is 17.1 Å². The minimum atomic E-state index is -3.32. The number of anilines is 1. The molecule has 0 bridgehead atoms. The Bertz CT molecular complexity index is 1330. The predicted molar refractivity (Wildman–Crippen MR) is 136 cm³/mol. The first-order chi connectivity index (χ1) is 15.6. The van der Waals surface area contributed by atoms with E-state index in [4.69, 9.17) is 8.84 Å². The lowest BCUT2D eigenvalue weighted by Crippen LogP contribution is -2.44. The quantitative estimate of drug-likeness (QED) is 0.417. The van der Waals surface area contributed by atoms with Crippen molar-refractivity contribution < 1.29 is 26.4 Å². The Labute approximate surface area is 200 Å². The largest absolute Gasteiger partial charge is 0.542 e. The monoisotopic (exact) mass is 506 g/mol. The van der Waals surface area contributed by atoms with Gasteiger partial charge in [0.1, 0.15) is 28.8 Å². The fraction of sp³-hybridized carbons (Fsp3) is 0.375. The molecule has 1 aromatic heterocycles. The van der Waals surface area contributed by atoms with Crippen LogP contribution in [0.4, 0.5) is 10.1 Å². The zero-order valence-electron chi connectivity index (χ0n) is 20.5. The van der Waals surface area contributed by atoms with Crippen LogP contribution < -0.4 is 15.1 Å². The first-order valence-corrected chi connectivity index (χ1v) is 15.8. The highest BCUT2D eigenvalue weighted by Gasteiger charge is 2.39. The standard InChI is InChI=1S/C24H31FN2O5SSi/c1-24(2,3)34(6,7)32-20-12-17-19(13-18(20)27-14-33(5,29)30)31-22(21(17)23(28)26-4)15-8-10-16(25)11-9-15/h8-13,27H,14H2,1-7H3,(H,26,28). The highest BCUT2D eigenvalue weighted by molar-refractivity contribution is 7.90. The van der Waals surface area contributed by atoms with Crippen molar-refractivity contribution in [2.45, 2.75) is 38.9 Å². The first-order valence-electron chi connectivity index (χ1n) is 10.8. The van der Waals surface area contributed by atoms with Crippen LogP contribution in [0, 0.1) is 5.82 Å².